The molecule has 1 heterocycles. The molecule has 10 heteroatoms. The number of carbonyl (C=O) groups is 3. The van der Waals surface area contributed by atoms with Crippen molar-refractivity contribution in [3.8, 4) is 16.9 Å². The molecule has 1 fully saturated rings. The fourth-order valence-corrected chi connectivity index (χ4v) is 3.90. The average molecular weight is 514 g/mol. The van der Waals surface area contributed by atoms with Crippen LogP contribution in [-0.4, -0.2) is 47.4 Å². The molecule has 0 atom stereocenters. The lowest BCUT2D eigenvalue weighted by molar-refractivity contribution is 0.0696. The Morgan fingerprint density at radius 1 is 1.13 bits per heavy atom. The first-order valence-corrected chi connectivity index (χ1v) is 11.8. The van der Waals surface area contributed by atoms with E-state index in [0.29, 0.717) is 35.0 Å². The lowest BCUT2D eigenvalue weighted by atomic mass is 9.93. The number of pyridine rings is 1. The van der Waals surface area contributed by atoms with Crippen molar-refractivity contribution in [2.75, 3.05) is 19.0 Å². The lowest BCUT2D eigenvalue weighted by Crippen LogP contribution is -2.26. The molecule has 1 aromatic heterocycles. The summed E-state index contributed by atoms with van der Waals surface area (Å²) >= 11 is 0. The predicted molar refractivity (Wildman–Crippen MR) is 144 cm³/mol. The van der Waals surface area contributed by atoms with Gasteiger partial charge in [-0.3, -0.25) is 20.0 Å². The molecule has 0 aliphatic heterocycles. The number of amides is 2. The molecular formula is C28H27N5O5. The number of anilines is 1. The second-order valence-electron chi connectivity index (χ2n) is 8.86. The first-order valence-electron chi connectivity index (χ1n) is 11.8. The van der Waals surface area contributed by atoms with Gasteiger partial charge in [-0.25, -0.2) is 4.79 Å². The second kappa shape index (κ2) is 11.0. The molecule has 3 aromatic rings. The van der Waals surface area contributed by atoms with E-state index >= 15 is 0 Å². The molecule has 0 saturated heterocycles. The summed E-state index contributed by atoms with van der Waals surface area (Å²) in [4.78, 5) is 42.4. The molecule has 1 saturated carbocycles. The van der Waals surface area contributed by atoms with Crippen LogP contribution in [0.3, 0.4) is 0 Å². The number of methoxy groups -OCH3 is 1. The van der Waals surface area contributed by atoms with Crippen molar-refractivity contribution >= 4 is 35.4 Å². The number of nitrogens with zero attached hydrogens (tertiary/aromatic N) is 1. The number of hydrogen-bond donors (Lipinski definition) is 5. The van der Waals surface area contributed by atoms with Crippen LogP contribution in [0.1, 0.15) is 55.2 Å². The molecule has 2 amide bonds. The molecule has 1 aliphatic carbocycles. The van der Waals surface area contributed by atoms with E-state index < -0.39 is 17.8 Å². The third-order valence-electron chi connectivity index (χ3n) is 6.19. The molecule has 194 valence electrons. The molecule has 2 aromatic carbocycles. The predicted octanol–water partition coefficient (Wildman–Crippen LogP) is 3.77. The maximum atomic E-state index is 13.5. The number of hydrogen-bond acceptors (Lipinski definition) is 6. The Bertz CT molecular complexity index is 1440. The summed E-state index contributed by atoms with van der Waals surface area (Å²) in [5, 5.41) is 23.0. The largest absolute Gasteiger partial charge is 0.496 e. The number of amidine groups is 1. The number of aromatic nitrogens is 1. The zero-order valence-corrected chi connectivity index (χ0v) is 20.7. The zero-order chi connectivity index (χ0) is 27.4. The van der Waals surface area contributed by atoms with Gasteiger partial charge >= 0.3 is 5.97 Å². The van der Waals surface area contributed by atoms with Gasteiger partial charge in [0.15, 0.2) is 0 Å². The number of carboxylic acid groups (broad SMARTS) is 1. The van der Waals surface area contributed by atoms with Crippen molar-refractivity contribution in [3.05, 3.63) is 83.2 Å². The van der Waals surface area contributed by atoms with Crippen molar-refractivity contribution in [1.82, 2.24) is 10.3 Å². The molecule has 1 aliphatic rings. The molecule has 0 bridgehead atoms. The third kappa shape index (κ3) is 5.70. The monoisotopic (exact) mass is 513 g/mol. The van der Waals surface area contributed by atoms with E-state index in [2.05, 4.69) is 22.2 Å². The molecule has 0 unspecified atom stereocenters. The SMILES string of the molecule is C=Cc1cc(C(=O)Nc2ccc(C(=N)N)cc2)c(-c2cc(C(=O)NCC3CC3)ncc2C(=O)O)cc1OC. The summed E-state index contributed by atoms with van der Waals surface area (Å²) in [6.07, 6.45) is 4.74. The highest BCUT2D eigenvalue weighted by Crippen LogP contribution is 2.35. The van der Waals surface area contributed by atoms with E-state index in [9.17, 15) is 19.5 Å². The van der Waals surface area contributed by atoms with Crippen LogP contribution in [0.15, 0.2) is 55.2 Å². The Hall–Kier alpha value is -4.99. The highest BCUT2D eigenvalue weighted by molar-refractivity contribution is 6.11. The van der Waals surface area contributed by atoms with E-state index in [4.69, 9.17) is 15.9 Å². The Morgan fingerprint density at radius 2 is 1.82 bits per heavy atom. The van der Waals surface area contributed by atoms with Crippen molar-refractivity contribution in [2.45, 2.75) is 12.8 Å². The van der Waals surface area contributed by atoms with Crippen molar-refractivity contribution < 1.29 is 24.2 Å². The average Bonchev–Trinajstić information content (AvgIpc) is 3.75. The molecule has 10 nitrogen and oxygen atoms in total. The number of rotatable bonds is 10. The number of carboxylic acids is 1. The van der Waals surface area contributed by atoms with Crippen LogP contribution in [0.4, 0.5) is 5.69 Å². The topological polar surface area (TPSA) is 167 Å². The molecule has 6 N–H and O–H groups in total. The summed E-state index contributed by atoms with van der Waals surface area (Å²) in [6.45, 7) is 4.30. The van der Waals surface area contributed by atoms with Gasteiger partial charge in [0, 0.05) is 40.7 Å². The van der Waals surface area contributed by atoms with Crippen LogP contribution in [-0.2, 0) is 0 Å². The van der Waals surface area contributed by atoms with Gasteiger partial charge in [0.2, 0.25) is 0 Å². The fourth-order valence-electron chi connectivity index (χ4n) is 3.90. The first-order chi connectivity index (χ1) is 18.2. The standard InChI is InChI=1S/C28H27N5O5/c1-3-16-10-21(26(34)33-18-8-6-17(7-9-18)25(29)30)20(12-24(16)38-2)19-11-23(31-14-22(19)28(36)37)27(35)32-13-15-4-5-15/h3,6-12,14-15H,1,4-5,13H2,2H3,(H3,29,30)(H,32,35)(H,33,34)(H,36,37). The number of nitrogens with two attached hydrogens (primary N) is 1. The molecule has 4 rings (SSSR count). The van der Waals surface area contributed by atoms with Crippen LogP contribution in [0.5, 0.6) is 5.75 Å². The highest BCUT2D eigenvalue weighted by atomic mass is 16.5. The van der Waals surface area contributed by atoms with Gasteiger partial charge in [-0.05, 0) is 66.8 Å². The Morgan fingerprint density at radius 3 is 2.39 bits per heavy atom. The minimum Gasteiger partial charge on any atom is -0.496 e. The Balaban J connectivity index is 1.80. The quantitative estimate of drug-likeness (QED) is 0.203. The van der Waals surface area contributed by atoms with Crippen molar-refractivity contribution in [1.29, 1.82) is 5.41 Å². The van der Waals surface area contributed by atoms with Gasteiger partial charge in [-0.2, -0.15) is 0 Å². The normalized spacial score (nSPS) is 12.3. The first kappa shape index (κ1) is 26.1. The van der Waals surface area contributed by atoms with Gasteiger partial charge in [-0.1, -0.05) is 12.7 Å². The van der Waals surface area contributed by atoms with E-state index in [1.165, 1.54) is 19.3 Å². The van der Waals surface area contributed by atoms with E-state index in [0.717, 1.165) is 19.0 Å². The van der Waals surface area contributed by atoms with Gasteiger partial charge in [-0.15, -0.1) is 0 Å². The molecule has 38 heavy (non-hydrogen) atoms. The highest BCUT2D eigenvalue weighted by Gasteiger charge is 2.25. The maximum absolute atomic E-state index is 13.5. The summed E-state index contributed by atoms with van der Waals surface area (Å²) in [5.74, 6) is -1.52. The van der Waals surface area contributed by atoms with Gasteiger partial charge in [0.1, 0.15) is 17.3 Å². The van der Waals surface area contributed by atoms with Crippen LogP contribution >= 0.6 is 0 Å². The third-order valence-corrected chi connectivity index (χ3v) is 6.19. The maximum Gasteiger partial charge on any atom is 0.337 e. The van der Waals surface area contributed by atoms with Crippen LogP contribution in [0, 0.1) is 11.3 Å². The number of ether oxygens (including phenoxy) is 1. The number of nitrogens with one attached hydrogen (secondary N) is 3. The summed E-state index contributed by atoms with van der Waals surface area (Å²) < 4.78 is 5.46. The molecular weight excluding hydrogens is 486 g/mol. The number of carbonyl (C=O) groups excluding carboxylic acids is 2. The molecule has 0 radical (unpaired) electrons. The Labute approximate surface area is 219 Å². The van der Waals surface area contributed by atoms with Crippen LogP contribution in [0.25, 0.3) is 17.2 Å². The summed E-state index contributed by atoms with van der Waals surface area (Å²) in [7, 11) is 1.45. The summed E-state index contributed by atoms with van der Waals surface area (Å²) in [5.41, 5.74) is 7.31. The van der Waals surface area contributed by atoms with Crippen molar-refractivity contribution in [3.63, 3.8) is 0 Å². The van der Waals surface area contributed by atoms with Crippen LogP contribution < -0.4 is 21.1 Å². The minimum atomic E-state index is -1.27. The smallest absolute Gasteiger partial charge is 0.337 e. The number of aromatic carboxylic acids is 1. The summed E-state index contributed by atoms with van der Waals surface area (Å²) in [6, 6.07) is 10.8. The lowest BCUT2D eigenvalue weighted by Gasteiger charge is -2.17. The van der Waals surface area contributed by atoms with Gasteiger partial charge < -0.3 is 26.2 Å². The van der Waals surface area contributed by atoms with Crippen LogP contribution in [0.2, 0.25) is 0 Å². The Kier molecular flexibility index (Phi) is 7.52. The number of benzene rings is 2. The molecule has 0 spiro atoms. The fraction of sp³-hybridized carbons (Fsp3) is 0.179. The van der Waals surface area contributed by atoms with E-state index in [-0.39, 0.29) is 33.8 Å². The van der Waals surface area contributed by atoms with Gasteiger partial charge in [0.05, 0.1) is 12.7 Å². The number of nitrogen functional groups attached to an aromatic ring is 1. The van der Waals surface area contributed by atoms with Gasteiger partial charge in [0.25, 0.3) is 11.8 Å². The van der Waals surface area contributed by atoms with E-state index in [1.807, 2.05) is 0 Å². The zero-order valence-electron chi connectivity index (χ0n) is 20.7. The minimum absolute atomic E-state index is 0.0311. The second-order valence-corrected chi connectivity index (χ2v) is 8.86. The van der Waals surface area contributed by atoms with Crippen molar-refractivity contribution in [2.24, 2.45) is 11.7 Å². The van der Waals surface area contributed by atoms with E-state index in [1.54, 1.807) is 36.4 Å².